The maximum Gasteiger partial charge on any atom is 0.163 e. The van der Waals surface area contributed by atoms with Gasteiger partial charge in [0.2, 0.25) is 0 Å². The number of rotatable bonds is 2. The predicted molar refractivity (Wildman–Crippen MR) is 57.7 cm³/mol. The van der Waals surface area contributed by atoms with Gasteiger partial charge in [-0.3, -0.25) is 0 Å². The zero-order valence-corrected chi connectivity index (χ0v) is 9.47. The highest BCUT2D eigenvalue weighted by atomic mass is 79.9. The van der Waals surface area contributed by atoms with Crippen LogP contribution < -0.4 is 10.1 Å². The van der Waals surface area contributed by atoms with Gasteiger partial charge >= 0.3 is 0 Å². The standard InChI is InChI=1S/C10H12BrNO2/c1-10(5-12-6-10)14-9-4-7(11)2-3-8(9)13/h2-4,12-13H,5-6H2,1H3. The Hall–Kier alpha value is -0.740. The summed E-state index contributed by atoms with van der Waals surface area (Å²) < 4.78 is 6.61. The van der Waals surface area contributed by atoms with Crippen molar-refractivity contribution in [2.75, 3.05) is 13.1 Å². The van der Waals surface area contributed by atoms with Crippen LogP contribution in [0.2, 0.25) is 0 Å². The number of phenols is 1. The van der Waals surface area contributed by atoms with E-state index in [-0.39, 0.29) is 11.4 Å². The van der Waals surface area contributed by atoms with Crippen LogP contribution >= 0.6 is 15.9 Å². The molecule has 0 saturated carbocycles. The van der Waals surface area contributed by atoms with Crippen molar-refractivity contribution in [3.05, 3.63) is 22.7 Å². The second-order valence-electron chi connectivity index (χ2n) is 3.77. The summed E-state index contributed by atoms with van der Waals surface area (Å²) >= 11 is 3.34. The van der Waals surface area contributed by atoms with Gasteiger partial charge in [0.05, 0.1) is 0 Å². The van der Waals surface area contributed by atoms with E-state index in [1.165, 1.54) is 0 Å². The Balaban J connectivity index is 2.19. The molecule has 0 bridgehead atoms. The lowest BCUT2D eigenvalue weighted by Crippen LogP contribution is -2.61. The maximum absolute atomic E-state index is 9.55. The van der Waals surface area contributed by atoms with Crippen LogP contribution in [0.1, 0.15) is 6.92 Å². The van der Waals surface area contributed by atoms with Crippen molar-refractivity contribution in [1.29, 1.82) is 0 Å². The molecular weight excluding hydrogens is 246 g/mol. The third-order valence-corrected chi connectivity index (χ3v) is 2.77. The van der Waals surface area contributed by atoms with Crippen LogP contribution in [-0.4, -0.2) is 23.8 Å². The van der Waals surface area contributed by atoms with Crippen LogP contribution in [0.5, 0.6) is 11.5 Å². The van der Waals surface area contributed by atoms with Crippen molar-refractivity contribution in [3.8, 4) is 11.5 Å². The van der Waals surface area contributed by atoms with Crippen LogP contribution in [0, 0.1) is 0 Å². The van der Waals surface area contributed by atoms with E-state index >= 15 is 0 Å². The molecule has 1 aliphatic rings. The van der Waals surface area contributed by atoms with E-state index in [1.54, 1.807) is 18.2 Å². The molecule has 0 spiro atoms. The van der Waals surface area contributed by atoms with E-state index in [2.05, 4.69) is 21.2 Å². The highest BCUT2D eigenvalue weighted by molar-refractivity contribution is 9.10. The van der Waals surface area contributed by atoms with Gasteiger partial charge in [-0.1, -0.05) is 15.9 Å². The summed E-state index contributed by atoms with van der Waals surface area (Å²) in [4.78, 5) is 0. The lowest BCUT2D eigenvalue weighted by atomic mass is 10.00. The van der Waals surface area contributed by atoms with Gasteiger partial charge in [0.15, 0.2) is 11.5 Å². The molecule has 0 radical (unpaired) electrons. The summed E-state index contributed by atoms with van der Waals surface area (Å²) in [6.45, 7) is 3.65. The minimum Gasteiger partial charge on any atom is -0.504 e. The molecule has 2 N–H and O–H groups in total. The molecule has 2 rings (SSSR count). The molecule has 0 aliphatic carbocycles. The quantitative estimate of drug-likeness (QED) is 0.851. The lowest BCUT2D eigenvalue weighted by molar-refractivity contribution is 0.0323. The van der Waals surface area contributed by atoms with Gasteiger partial charge in [0, 0.05) is 17.6 Å². The first-order chi connectivity index (χ1) is 6.59. The Labute approximate surface area is 91.2 Å². The molecule has 4 heteroatoms. The van der Waals surface area contributed by atoms with Gasteiger partial charge in [-0.15, -0.1) is 0 Å². The van der Waals surface area contributed by atoms with E-state index < -0.39 is 0 Å². The molecule has 1 aromatic rings. The normalized spacial score (nSPS) is 18.7. The third kappa shape index (κ3) is 1.86. The minimum atomic E-state index is -0.182. The molecule has 0 amide bonds. The van der Waals surface area contributed by atoms with Crippen LogP contribution in [0.25, 0.3) is 0 Å². The predicted octanol–water partition coefficient (Wildman–Crippen LogP) is 1.90. The molecule has 1 saturated heterocycles. The molecular formula is C10H12BrNO2. The van der Waals surface area contributed by atoms with Crippen molar-refractivity contribution < 1.29 is 9.84 Å². The Morgan fingerprint density at radius 3 is 2.79 bits per heavy atom. The lowest BCUT2D eigenvalue weighted by Gasteiger charge is -2.39. The summed E-state index contributed by atoms with van der Waals surface area (Å²) in [5.74, 6) is 0.713. The topological polar surface area (TPSA) is 41.5 Å². The second kappa shape index (κ2) is 3.44. The minimum absolute atomic E-state index is 0.182. The molecule has 76 valence electrons. The van der Waals surface area contributed by atoms with Gasteiger partial charge in [0.25, 0.3) is 0 Å². The summed E-state index contributed by atoms with van der Waals surface area (Å²) in [5.41, 5.74) is -0.182. The Morgan fingerprint density at radius 1 is 1.50 bits per heavy atom. The number of nitrogens with one attached hydrogen (secondary N) is 1. The van der Waals surface area contributed by atoms with Gasteiger partial charge in [-0.05, 0) is 25.1 Å². The average Bonchev–Trinajstić information content (AvgIpc) is 2.09. The van der Waals surface area contributed by atoms with E-state index in [1.807, 2.05) is 6.92 Å². The molecule has 0 atom stereocenters. The van der Waals surface area contributed by atoms with Crippen molar-refractivity contribution in [3.63, 3.8) is 0 Å². The Kier molecular flexibility index (Phi) is 2.41. The zero-order chi connectivity index (χ0) is 10.2. The van der Waals surface area contributed by atoms with Crippen LogP contribution in [-0.2, 0) is 0 Å². The molecule has 1 aromatic carbocycles. The molecule has 3 nitrogen and oxygen atoms in total. The van der Waals surface area contributed by atoms with Crippen molar-refractivity contribution in [2.24, 2.45) is 0 Å². The van der Waals surface area contributed by atoms with Crippen molar-refractivity contribution in [2.45, 2.75) is 12.5 Å². The molecule has 14 heavy (non-hydrogen) atoms. The molecule has 0 aromatic heterocycles. The number of halogens is 1. The summed E-state index contributed by atoms with van der Waals surface area (Å²) in [6, 6.07) is 5.18. The first kappa shape index (κ1) is 9.80. The first-order valence-corrected chi connectivity index (χ1v) is 5.27. The molecule has 1 heterocycles. The van der Waals surface area contributed by atoms with E-state index in [0.29, 0.717) is 5.75 Å². The molecule has 0 unspecified atom stereocenters. The number of ether oxygens (including phenoxy) is 1. The van der Waals surface area contributed by atoms with Gasteiger partial charge in [-0.2, -0.15) is 0 Å². The smallest absolute Gasteiger partial charge is 0.163 e. The third-order valence-electron chi connectivity index (χ3n) is 2.28. The number of aromatic hydroxyl groups is 1. The van der Waals surface area contributed by atoms with Crippen molar-refractivity contribution in [1.82, 2.24) is 5.32 Å². The van der Waals surface area contributed by atoms with Gasteiger partial charge in [0.1, 0.15) is 5.60 Å². The monoisotopic (exact) mass is 257 g/mol. The van der Waals surface area contributed by atoms with Crippen LogP contribution in [0.3, 0.4) is 0 Å². The second-order valence-corrected chi connectivity index (χ2v) is 4.68. The highest BCUT2D eigenvalue weighted by Crippen LogP contribution is 2.32. The fraction of sp³-hybridized carbons (Fsp3) is 0.400. The summed E-state index contributed by atoms with van der Waals surface area (Å²) in [7, 11) is 0. The highest BCUT2D eigenvalue weighted by Gasteiger charge is 2.34. The van der Waals surface area contributed by atoms with Crippen LogP contribution in [0.4, 0.5) is 0 Å². The van der Waals surface area contributed by atoms with Gasteiger partial charge < -0.3 is 15.2 Å². The van der Waals surface area contributed by atoms with E-state index in [9.17, 15) is 5.11 Å². The summed E-state index contributed by atoms with van der Waals surface area (Å²) in [5, 5.41) is 12.7. The number of hydrogen-bond acceptors (Lipinski definition) is 3. The average molecular weight is 258 g/mol. The number of benzene rings is 1. The SMILES string of the molecule is CC1(Oc2cc(Br)ccc2O)CNC1. The van der Waals surface area contributed by atoms with E-state index in [4.69, 9.17) is 4.74 Å². The molecule has 1 aliphatic heterocycles. The largest absolute Gasteiger partial charge is 0.504 e. The van der Waals surface area contributed by atoms with Crippen LogP contribution in [0.15, 0.2) is 22.7 Å². The maximum atomic E-state index is 9.55. The van der Waals surface area contributed by atoms with Gasteiger partial charge in [-0.25, -0.2) is 0 Å². The molecule has 1 fully saturated rings. The number of phenolic OH excluding ortho intramolecular Hbond substituents is 1. The Bertz CT molecular complexity index is 350. The fourth-order valence-corrected chi connectivity index (χ4v) is 1.72. The Morgan fingerprint density at radius 2 is 2.21 bits per heavy atom. The summed E-state index contributed by atoms with van der Waals surface area (Å²) in [6.07, 6.45) is 0. The first-order valence-electron chi connectivity index (χ1n) is 4.47. The zero-order valence-electron chi connectivity index (χ0n) is 7.88. The fourth-order valence-electron chi connectivity index (χ4n) is 1.38. The van der Waals surface area contributed by atoms with Crippen molar-refractivity contribution >= 4 is 15.9 Å². The van der Waals surface area contributed by atoms with E-state index in [0.717, 1.165) is 17.6 Å². The number of hydrogen-bond donors (Lipinski definition) is 2.